The zero-order valence-corrected chi connectivity index (χ0v) is 11.0. The van der Waals surface area contributed by atoms with Crippen molar-refractivity contribution in [3.05, 3.63) is 35.4 Å². The maximum absolute atomic E-state index is 5.92. The second-order valence-corrected chi connectivity index (χ2v) is 5.35. The second kappa shape index (κ2) is 5.65. The number of nitrogens with zero attached hydrogens (tertiary/aromatic N) is 1. The van der Waals surface area contributed by atoms with E-state index in [1.165, 1.54) is 24.0 Å². The fraction of sp³-hybridized carbons (Fsp3) is 0.600. The van der Waals surface area contributed by atoms with Crippen molar-refractivity contribution in [1.29, 1.82) is 0 Å². The van der Waals surface area contributed by atoms with Crippen molar-refractivity contribution in [2.45, 2.75) is 32.7 Å². The van der Waals surface area contributed by atoms with Gasteiger partial charge in [-0.15, -0.1) is 0 Å². The SMILES string of the molecule is CC(C)C(CN)N1CCc2ccccc2CC1. The predicted molar refractivity (Wildman–Crippen MR) is 73.1 cm³/mol. The van der Waals surface area contributed by atoms with Gasteiger partial charge in [0.1, 0.15) is 0 Å². The van der Waals surface area contributed by atoms with Gasteiger partial charge in [0.25, 0.3) is 0 Å². The van der Waals surface area contributed by atoms with Gasteiger partial charge in [-0.05, 0) is 29.9 Å². The number of nitrogens with two attached hydrogens (primary N) is 1. The third-order valence-corrected chi connectivity index (χ3v) is 3.94. The van der Waals surface area contributed by atoms with Gasteiger partial charge >= 0.3 is 0 Å². The second-order valence-electron chi connectivity index (χ2n) is 5.35. The molecule has 1 unspecified atom stereocenters. The molecule has 1 heterocycles. The maximum atomic E-state index is 5.92. The predicted octanol–water partition coefficient (Wildman–Crippen LogP) is 2.07. The van der Waals surface area contributed by atoms with Crippen LogP contribution in [0.15, 0.2) is 24.3 Å². The monoisotopic (exact) mass is 232 g/mol. The molecule has 1 aliphatic heterocycles. The summed E-state index contributed by atoms with van der Waals surface area (Å²) in [5.41, 5.74) is 8.96. The fourth-order valence-corrected chi connectivity index (χ4v) is 2.86. The molecular weight excluding hydrogens is 208 g/mol. The number of fused-ring (bicyclic) bond motifs is 1. The Kier molecular flexibility index (Phi) is 4.19. The van der Waals surface area contributed by atoms with Crippen LogP contribution in [0.25, 0.3) is 0 Å². The van der Waals surface area contributed by atoms with Crippen LogP contribution in [0, 0.1) is 5.92 Å². The summed E-state index contributed by atoms with van der Waals surface area (Å²) in [5, 5.41) is 0. The highest BCUT2D eigenvalue weighted by Crippen LogP contribution is 2.19. The lowest BCUT2D eigenvalue weighted by Crippen LogP contribution is -2.45. The van der Waals surface area contributed by atoms with E-state index in [0.29, 0.717) is 12.0 Å². The van der Waals surface area contributed by atoms with E-state index in [0.717, 1.165) is 19.6 Å². The summed E-state index contributed by atoms with van der Waals surface area (Å²) in [6, 6.07) is 9.37. The van der Waals surface area contributed by atoms with Crippen LogP contribution in [0.2, 0.25) is 0 Å². The van der Waals surface area contributed by atoms with E-state index < -0.39 is 0 Å². The molecule has 1 aliphatic rings. The molecule has 2 nitrogen and oxygen atoms in total. The lowest BCUT2D eigenvalue weighted by molar-refractivity contribution is 0.167. The zero-order chi connectivity index (χ0) is 12.3. The summed E-state index contributed by atoms with van der Waals surface area (Å²) in [4.78, 5) is 2.57. The molecule has 0 radical (unpaired) electrons. The van der Waals surface area contributed by atoms with Gasteiger partial charge in [-0.25, -0.2) is 0 Å². The standard InChI is InChI=1S/C15H24N2/c1-12(2)15(11-16)17-9-7-13-5-3-4-6-14(13)8-10-17/h3-6,12,15H,7-11,16H2,1-2H3. The Hall–Kier alpha value is -0.860. The third-order valence-electron chi connectivity index (χ3n) is 3.94. The van der Waals surface area contributed by atoms with E-state index in [4.69, 9.17) is 5.73 Å². The topological polar surface area (TPSA) is 29.3 Å². The average molecular weight is 232 g/mol. The first-order valence-corrected chi connectivity index (χ1v) is 6.73. The third kappa shape index (κ3) is 2.88. The van der Waals surface area contributed by atoms with Crippen molar-refractivity contribution in [3.63, 3.8) is 0 Å². The molecule has 17 heavy (non-hydrogen) atoms. The Balaban J connectivity index is 2.08. The average Bonchev–Trinajstić information content (AvgIpc) is 2.53. The minimum atomic E-state index is 0.532. The van der Waals surface area contributed by atoms with Crippen LogP contribution in [0.4, 0.5) is 0 Å². The van der Waals surface area contributed by atoms with E-state index in [1.54, 1.807) is 0 Å². The molecule has 0 bridgehead atoms. The van der Waals surface area contributed by atoms with Crippen LogP contribution < -0.4 is 5.73 Å². The molecular formula is C15H24N2. The van der Waals surface area contributed by atoms with Gasteiger partial charge in [-0.1, -0.05) is 38.1 Å². The van der Waals surface area contributed by atoms with Gasteiger partial charge in [-0.3, -0.25) is 4.90 Å². The molecule has 0 saturated carbocycles. The van der Waals surface area contributed by atoms with Gasteiger partial charge in [0.2, 0.25) is 0 Å². The van der Waals surface area contributed by atoms with Crippen molar-refractivity contribution >= 4 is 0 Å². The minimum Gasteiger partial charge on any atom is -0.329 e. The highest BCUT2D eigenvalue weighted by molar-refractivity contribution is 5.28. The first-order valence-electron chi connectivity index (χ1n) is 6.73. The highest BCUT2D eigenvalue weighted by atomic mass is 15.2. The molecule has 1 atom stereocenters. The van der Waals surface area contributed by atoms with Gasteiger partial charge in [0.05, 0.1) is 0 Å². The van der Waals surface area contributed by atoms with Crippen molar-refractivity contribution < 1.29 is 0 Å². The van der Waals surface area contributed by atoms with Crippen LogP contribution in [0.5, 0.6) is 0 Å². The highest BCUT2D eigenvalue weighted by Gasteiger charge is 2.22. The summed E-state index contributed by atoms with van der Waals surface area (Å²) in [7, 11) is 0. The van der Waals surface area contributed by atoms with Gasteiger partial charge in [0.15, 0.2) is 0 Å². The van der Waals surface area contributed by atoms with E-state index >= 15 is 0 Å². The quantitative estimate of drug-likeness (QED) is 0.864. The van der Waals surface area contributed by atoms with E-state index in [1.807, 2.05) is 0 Å². The molecule has 2 N–H and O–H groups in total. The Bertz CT molecular complexity index is 333. The van der Waals surface area contributed by atoms with Crippen LogP contribution in [0.3, 0.4) is 0 Å². The van der Waals surface area contributed by atoms with Crippen molar-refractivity contribution in [3.8, 4) is 0 Å². The Morgan fingerprint density at radius 3 is 2.06 bits per heavy atom. The summed E-state index contributed by atoms with van der Waals surface area (Å²) >= 11 is 0. The van der Waals surface area contributed by atoms with Crippen LogP contribution in [-0.4, -0.2) is 30.6 Å². The normalized spacial score (nSPS) is 18.8. The fourth-order valence-electron chi connectivity index (χ4n) is 2.86. The number of rotatable bonds is 3. The van der Waals surface area contributed by atoms with E-state index in [-0.39, 0.29) is 0 Å². The molecule has 2 rings (SSSR count). The van der Waals surface area contributed by atoms with Crippen molar-refractivity contribution in [2.24, 2.45) is 11.7 Å². The number of benzene rings is 1. The Morgan fingerprint density at radius 1 is 1.12 bits per heavy atom. The first kappa shape index (κ1) is 12.6. The van der Waals surface area contributed by atoms with Crippen LogP contribution in [-0.2, 0) is 12.8 Å². The molecule has 0 aliphatic carbocycles. The van der Waals surface area contributed by atoms with Gasteiger partial charge in [0, 0.05) is 25.7 Å². The van der Waals surface area contributed by atoms with Gasteiger partial charge in [-0.2, -0.15) is 0 Å². The Morgan fingerprint density at radius 2 is 1.65 bits per heavy atom. The van der Waals surface area contributed by atoms with Gasteiger partial charge < -0.3 is 5.73 Å². The summed E-state index contributed by atoms with van der Waals surface area (Å²) in [6.45, 7) is 7.62. The molecule has 1 aromatic carbocycles. The zero-order valence-electron chi connectivity index (χ0n) is 11.0. The molecule has 94 valence electrons. The molecule has 0 spiro atoms. The first-order chi connectivity index (χ1) is 8.22. The molecule has 1 aromatic rings. The van der Waals surface area contributed by atoms with E-state index in [2.05, 4.69) is 43.0 Å². The smallest absolute Gasteiger partial charge is 0.0241 e. The number of hydrogen-bond acceptors (Lipinski definition) is 2. The van der Waals surface area contributed by atoms with Crippen molar-refractivity contribution in [2.75, 3.05) is 19.6 Å². The lowest BCUT2D eigenvalue weighted by Gasteiger charge is -2.32. The molecule has 0 aromatic heterocycles. The molecule has 0 amide bonds. The molecule has 0 fully saturated rings. The number of hydrogen-bond donors (Lipinski definition) is 1. The van der Waals surface area contributed by atoms with Crippen LogP contribution in [0.1, 0.15) is 25.0 Å². The summed E-state index contributed by atoms with van der Waals surface area (Å²) in [5.74, 6) is 0.640. The lowest BCUT2D eigenvalue weighted by atomic mass is 10.0. The van der Waals surface area contributed by atoms with Crippen LogP contribution >= 0.6 is 0 Å². The minimum absolute atomic E-state index is 0.532. The Labute approximate surface area is 105 Å². The molecule has 2 heteroatoms. The summed E-state index contributed by atoms with van der Waals surface area (Å²) in [6.07, 6.45) is 2.33. The van der Waals surface area contributed by atoms with Crippen molar-refractivity contribution in [1.82, 2.24) is 4.90 Å². The van der Waals surface area contributed by atoms with E-state index in [9.17, 15) is 0 Å². The molecule has 0 saturated heterocycles. The maximum Gasteiger partial charge on any atom is 0.0241 e. The largest absolute Gasteiger partial charge is 0.329 e. The summed E-state index contributed by atoms with van der Waals surface area (Å²) < 4.78 is 0.